The zero-order chi connectivity index (χ0) is 44.9. The highest BCUT2D eigenvalue weighted by Gasteiger charge is 2.37. The molecule has 7 rings (SSSR count). The molecule has 0 atom stereocenters. The van der Waals surface area contributed by atoms with Crippen molar-refractivity contribution in [2.24, 2.45) is 14.1 Å². The summed E-state index contributed by atoms with van der Waals surface area (Å²) in [6.07, 6.45) is -0.108. The summed E-state index contributed by atoms with van der Waals surface area (Å²) >= 11 is 12.4. The maximum absolute atomic E-state index is 15.0. The molecule has 322 valence electrons. The molecular formula is C38H32Cl2F5N7O8S. The van der Waals surface area contributed by atoms with Crippen LogP contribution >= 0.6 is 23.2 Å². The molecule has 1 aliphatic rings. The minimum atomic E-state index is -4.13. The number of rotatable bonds is 8. The second kappa shape index (κ2) is 16.8. The first kappa shape index (κ1) is 44.5. The van der Waals surface area contributed by atoms with E-state index in [1.165, 1.54) is 51.0 Å². The van der Waals surface area contributed by atoms with E-state index in [1.54, 1.807) is 20.8 Å². The summed E-state index contributed by atoms with van der Waals surface area (Å²) in [6, 6.07) is 9.06. The second-order valence-electron chi connectivity index (χ2n) is 14.3. The lowest BCUT2D eigenvalue weighted by Gasteiger charge is -2.34. The number of hydrogen-bond donors (Lipinski definition) is 2. The Bertz CT molecular complexity index is 2980. The first-order valence-electron chi connectivity index (χ1n) is 17.6. The SMILES string of the molecule is Cn1cnc2ccc(Oc3c(F)ccc(N(C(=O)O)C(C)(C)C)c3Cl)c(F)c2c1=O.Cn1cnc2ccc(Oc3c(F)ccc(NS(=O)(=O)N4CC(F)C4)c3Cl)c(F)c2c1=O. The molecule has 3 heterocycles. The summed E-state index contributed by atoms with van der Waals surface area (Å²) in [6.45, 7) is 4.26. The zero-order valence-electron chi connectivity index (χ0n) is 32.3. The molecule has 0 spiro atoms. The van der Waals surface area contributed by atoms with Crippen LogP contribution in [0.4, 0.5) is 38.1 Å². The van der Waals surface area contributed by atoms with Crippen molar-refractivity contribution in [3.63, 3.8) is 0 Å². The number of anilines is 2. The van der Waals surface area contributed by atoms with Gasteiger partial charge in [0.2, 0.25) is 0 Å². The van der Waals surface area contributed by atoms with Gasteiger partial charge >= 0.3 is 16.3 Å². The van der Waals surface area contributed by atoms with Crippen LogP contribution in [0.1, 0.15) is 20.8 Å². The summed E-state index contributed by atoms with van der Waals surface area (Å²) in [5.74, 6) is -6.24. The largest absolute Gasteiger partial charge is 0.465 e. The van der Waals surface area contributed by atoms with E-state index in [2.05, 4.69) is 14.7 Å². The normalized spacial score (nSPS) is 13.4. The van der Waals surface area contributed by atoms with Gasteiger partial charge in [0, 0.05) is 32.7 Å². The summed E-state index contributed by atoms with van der Waals surface area (Å²) in [5, 5.41) is 8.05. The average Bonchev–Trinajstić information content (AvgIpc) is 3.16. The monoisotopic (exact) mass is 911 g/mol. The van der Waals surface area contributed by atoms with Crippen LogP contribution in [0.3, 0.4) is 0 Å². The standard InChI is InChI=1S/C20H18ClF2N3O4.C18H14ClF3N4O4S/c1-20(2,3)26(19(28)29)12-7-5-10(22)17(15(12)21)30-13-8-6-11-14(16(13)23)18(27)25(4)9-24-11;1-25-8-23-11-4-5-13(16(22)14(11)18(25)27)30-17-10(21)2-3-12(15(17)19)24-31(28,29)26-6-9(20)7-26/h5-9H,1-4H3,(H,28,29);2-5,8-9,24H,6-7H2,1H3. The molecule has 15 nitrogen and oxygen atoms in total. The van der Waals surface area contributed by atoms with Crippen molar-refractivity contribution in [3.8, 4) is 23.0 Å². The molecule has 1 amide bonds. The summed E-state index contributed by atoms with van der Waals surface area (Å²) in [5.41, 5.74) is -2.34. The number of carbonyl (C=O) groups is 1. The van der Waals surface area contributed by atoms with Crippen LogP contribution < -0.4 is 30.2 Å². The fourth-order valence-electron chi connectivity index (χ4n) is 5.88. The Hall–Kier alpha value is -6.03. The van der Waals surface area contributed by atoms with Gasteiger partial charge in [-0.15, -0.1) is 0 Å². The Balaban J connectivity index is 0.000000204. The second-order valence-corrected chi connectivity index (χ2v) is 16.8. The van der Waals surface area contributed by atoms with Gasteiger partial charge in [0.15, 0.2) is 46.3 Å². The molecule has 2 aromatic heterocycles. The van der Waals surface area contributed by atoms with Crippen LogP contribution in [0.25, 0.3) is 21.8 Å². The molecular weight excluding hydrogens is 880 g/mol. The molecule has 1 saturated heterocycles. The number of fused-ring (bicyclic) bond motifs is 2. The van der Waals surface area contributed by atoms with Crippen LogP contribution in [0.5, 0.6) is 23.0 Å². The van der Waals surface area contributed by atoms with E-state index in [0.717, 1.165) is 42.6 Å². The molecule has 4 aromatic carbocycles. The van der Waals surface area contributed by atoms with Gasteiger partial charge in [-0.2, -0.15) is 12.7 Å². The van der Waals surface area contributed by atoms with Gasteiger partial charge in [0.05, 0.1) is 35.1 Å². The van der Waals surface area contributed by atoms with Gasteiger partial charge in [-0.25, -0.2) is 36.7 Å². The van der Waals surface area contributed by atoms with Crippen molar-refractivity contribution in [3.05, 3.63) is 115 Å². The highest BCUT2D eigenvalue weighted by molar-refractivity contribution is 7.90. The van der Waals surface area contributed by atoms with E-state index in [1.807, 2.05) is 0 Å². The molecule has 0 aliphatic carbocycles. The van der Waals surface area contributed by atoms with Crippen LogP contribution in [0, 0.1) is 23.3 Å². The van der Waals surface area contributed by atoms with E-state index in [0.29, 0.717) is 0 Å². The third kappa shape index (κ3) is 8.76. The molecule has 61 heavy (non-hydrogen) atoms. The molecule has 1 fully saturated rings. The Morgan fingerprint density at radius 1 is 0.803 bits per heavy atom. The van der Waals surface area contributed by atoms with Crippen molar-refractivity contribution < 1.29 is 49.7 Å². The fraction of sp³-hybridized carbons (Fsp3) is 0.237. The van der Waals surface area contributed by atoms with Crippen LogP contribution in [-0.2, 0) is 24.3 Å². The maximum atomic E-state index is 15.0. The average molecular weight is 913 g/mol. The molecule has 23 heteroatoms. The number of benzene rings is 4. The molecule has 0 unspecified atom stereocenters. The topological polar surface area (TPSA) is 178 Å². The van der Waals surface area contributed by atoms with Crippen LogP contribution in [-0.4, -0.2) is 67.8 Å². The number of nitrogens with one attached hydrogen (secondary N) is 1. The highest BCUT2D eigenvalue weighted by Crippen LogP contribution is 2.43. The summed E-state index contributed by atoms with van der Waals surface area (Å²) in [7, 11) is -1.33. The summed E-state index contributed by atoms with van der Waals surface area (Å²) in [4.78, 5) is 45.1. The predicted molar refractivity (Wildman–Crippen MR) is 216 cm³/mol. The van der Waals surface area contributed by atoms with E-state index in [9.17, 15) is 49.9 Å². The first-order chi connectivity index (χ1) is 28.5. The quantitative estimate of drug-likeness (QED) is 0.143. The van der Waals surface area contributed by atoms with Crippen molar-refractivity contribution in [1.29, 1.82) is 0 Å². The van der Waals surface area contributed by atoms with Gasteiger partial charge in [0.25, 0.3) is 11.1 Å². The number of aromatic nitrogens is 4. The Kier molecular flexibility index (Phi) is 12.3. The minimum absolute atomic E-state index is 0.0353. The third-order valence-electron chi connectivity index (χ3n) is 8.96. The van der Waals surface area contributed by atoms with Crippen molar-refractivity contribution in [2.45, 2.75) is 32.5 Å². The number of amides is 1. The molecule has 0 saturated carbocycles. The summed E-state index contributed by atoms with van der Waals surface area (Å²) < 4.78 is 112. The van der Waals surface area contributed by atoms with Gasteiger partial charge < -0.3 is 23.7 Å². The van der Waals surface area contributed by atoms with Crippen molar-refractivity contribution >= 4 is 72.7 Å². The number of ether oxygens (including phenoxy) is 2. The Morgan fingerprint density at radius 3 is 1.70 bits per heavy atom. The van der Waals surface area contributed by atoms with Crippen LogP contribution in [0.15, 0.2) is 70.8 Å². The predicted octanol–water partition coefficient (Wildman–Crippen LogP) is 7.91. The fourth-order valence-corrected chi connectivity index (χ4v) is 7.75. The smallest absolute Gasteiger partial charge is 0.412 e. The lowest BCUT2D eigenvalue weighted by molar-refractivity contribution is 0.142. The van der Waals surface area contributed by atoms with E-state index < -0.39 is 90.4 Å². The Morgan fingerprint density at radius 2 is 1.26 bits per heavy atom. The van der Waals surface area contributed by atoms with Crippen molar-refractivity contribution in [2.75, 3.05) is 22.7 Å². The van der Waals surface area contributed by atoms with Gasteiger partial charge in [0.1, 0.15) is 27.0 Å². The van der Waals surface area contributed by atoms with Gasteiger partial charge in [-0.3, -0.25) is 19.2 Å². The number of carboxylic acid groups (broad SMARTS) is 1. The van der Waals surface area contributed by atoms with E-state index >= 15 is 0 Å². The molecule has 2 N–H and O–H groups in total. The third-order valence-corrected chi connectivity index (χ3v) is 11.2. The highest BCUT2D eigenvalue weighted by atomic mass is 35.5. The van der Waals surface area contributed by atoms with E-state index in [4.69, 9.17) is 32.7 Å². The van der Waals surface area contributed by atoms with Crippen LogP contribution in [0.2, 0.25) is 10.0 Å². The lowest BCUT2D eigenvalue weighted by Crippen LogP contribution is -2.53. The molecule has 0 bridgehead atoms. The molecule has 1 aliphatic heterocycles. The molecule has 6 aromatic rings. The number of aryl methyl sites for hydroxylation is 2. The number of nitrogens with zero attached hydrogens (tertiary/aromatic N) is 6. The van der Waals surface area contributed by atoms with Gasteiger partial charge in [-0.1, -0.05) is 23.2 Å². The van der Waals surface area contributed by atoms with E-state index in [-0.39, 0.29) is 51.3 Å². The minimum Gasteiger partial charge on any atom is -0.465 e. The number of halogens is 7. The van der Waals surface area contributed by atoms with Gasteiger partial charge in [-0.05, 0) is 69.3 Å². The first-order valence-corrected chi connectivity index (χ1v) is 19.8. The molecule has 0 radical (unpaired) electrons. The lowest BCUT2D eigenvalue weighted by atomic mass is 10.1. The number of alkyl halides is 1. The number of hydrogen-bond acceptors (Lipinski definition) is 9. The van der Waals surface area contributed by atoms with Crippen molar-refractivity contribution in [1.82, 2.24) is 23.4 Å². The maximum Gasteiger partial charge on any atom is 0.412 e. The Labute approximate surface area is 352 Å². The zero-order valence-corrected chi connectivity index (χ0v) is 34.6.